The van der Waals surface area contributed by atoms with Gasteiger partial charge in [-0.15, -0.1) is 6.58 Å². The lowest BCUT2D eigenvalue weighted by Gasteiger charge is -2.16. The van der Waals surface area contributed by atoms with E-state index in [-0.39, 0.29) is 5.91 Å². The predicted octanol–water partition coefficient (Wildman–Crippen LogP) is 2.81. The quantitative estimate of drug-likeness (QED) is 0.797. The second-order valence-corrected chi connectivity index (χ2v) is 5.30. The van der Waals surface area contributed by atoms with Crippen LogP contribution in [0.2, 0.25) is 0 Å². The van der Waals surface area contributed by atoms with E-state index >= 15 is 0 Å². The number of nitrogens with zero attached hydrogens (tertiary/aromatic N) is 2. The fourth-order valence-electron chi connectivity index (χ4n) is 2.84. The van der Waals surface area contributed by atoms with Crippen LogP contribution in [0.15, 0.2) is 49.3 Å². The first-order chi connectivity index (χ1) is 9.78. The summed E-state index contributed by atoms with van der Waals surface area (Å²) in [6, 6.07) is 8.30. The van der Waals surface area contributed by atoms with Crippen molar-refractivity contribution in [1.82, 2.24) is 9.88 Å². The second kappa shape index (κ2) is 5.45. The molecule has 1 aliphatic heterocycles. The Morgan fingerprint density at radius 2 is 2.30 bits per heavy atom. The van der Waals surface area contributed by atoms with E-state index in [0.717, 1.165) is 24.9 Å². The molecule has 2 aromatic rings. The fraction of sp³-hybridized carbons (Fsp3) is 0.294. The van der Waals surface area contributed by atoms with E-state index < -0.39 is 0 Å². The molecule has 1 aromatic heterocycles. The van der Waals surface area contributed by atoms with Gasteiger partial charge in [-0.3, -0.25) is 9.78 Å². The molecule has 1 saturated heterocycles. The molecule has 0 N–H and O–H groups in total. The molecule has 0 bridgehead atoms. The summed E-state index contributed by atoms with van der Waals surface area (Å²) in [7, 11) is 0. The number of carbonyl (C=O) groups is 1. The summed E-state index contributed by atoms with van der Waals surface area (Å²) in [4.78, 5) is 18.0. The van der Waals surface area contributed by atoms with Gasteiger partial charge in [-0.05, 0) is 23.4 Å². The van der Waals surface area contributed by atoms with Crippen molar-refractivity contribution < 1.29 is 4.79 Å². The number of rotatable bonds is 4. The molecule has 20 heavy (non-hydrogen) atoms. The summed E-state index contributed by atoms with van der Waals surface area (Å²) in [6.07, 6.45) is 7.09. The largest absolute Gasteiger partial charge is 0.342 e. The summed E-state index contributed by atoms with van der Waals surface area (Å²) in [5.74, 6) is 0.566. The first-order valence-corrected chi connectivity index (χ1v) is 7.00. The van der Waals surface area contributed by atoms with Gasteiger partial charge in [0.05, 0.1) is 0 Å². The highest BCUT2D eigenvalue weighted by atomic mass is 16.2. The minimum absolute atomic E-state index is 0.247. The number of likely N-dealkylation sites (tertiary alicyclic amines) is 1. The van der Waals surface area contributed by atoms with Crippen molar-refractivity contribution in [3.63, 3.8) is 0 Å². The lowest BCUT2D eigenvalue weighted by molar-refractivity contribution is -0.127. The van der Waals surface area contributed by atoms with Crippen LogP contribution in [-0.4, -0.2) is 28.9 Å². The van der Waals surface area contributed by atoms with Gasteiger partial charge in [0.15, 0.2) is 0 Å². The summed E-state index contributed by atoms with van der Waals surface area (Å²) in [6.45, 7) is 5.38. The molecule has 3 rings (SSSR count). The molecule has 1 amide bonds. The molecule has 2 heterocycles. The van der Waals surface area contributed by atoms with Crippen LogP contribution in [0.4, 0.5) is 0 Å². The van der Waals surface area contributed by atoms with Crippen LogP contribution >= 0.6 is 0 Å². The summed E-state index contributed by atoms with van der Waals surface area (Å²) in [5, 5.41) is 2.39. The van der Waals surface area contributed by atoms with Crippen LogP contribution < -0.4 is 0 Å². The summed E-state index contributed by atoms with van der Waals surface area (Å²) in [5.41, 5.74) is 1.28. The number of carbonyl (C=O) groups excluding carboxylic acids is 1. The highest BCUT2D eigenvalue weighted by molar-refractivity contribution is 5.85. The van der Waals surface area contributed by atoms with Gasteiger partial charge < -0.3 is 4.90 Å². The highest BCUT2D eigenvalue weighted by Gasteiger charge is 2.26. The molecular formula is C17H18N2O. The van der Waals surface area contributed by atoms with Gasteiger partial charge in [0.2, 0.25) is 5.91 Å². The van der Waals surface area contributed by atoms with Gasteiger partial charge >= 0.3 is 0 Å². The molecule has 1 aliphatic rings. The van der Waals surface area contributed by atoms with E-state index in [9.17, 15) is 4.79 Å². The Labute approximate surface area is 118 Å². The predicted molar refractivity (Wildman–Crippen MR) is 80.3 cm³/mol. The van der Waals surface area contributed by atoms with E-state index in [4.69, 9.17) is 0 Å². The number of aromatic nitrogens is 1. The van der Waals surface area contributed by atoms with Gasteiger partial charge in [-0.2, -0.15) is 0 Å². The van der Waals surface area contributed by atoms with E-state index in [2.05, 4.69) is 29.8 Å². The molecule has 0 aliphatic carbocycles. The zero-order valence-electron chi connectivity index (χ0n) is 11.5. The second-order valence-electron chi connectivity index (χ2n) is 5.30. The average molecular weight is 266 g/mol. The molecular weight excluding hydrogens is 248 g/mol. The van der Waals surface area contributed by atoms with E-state index in [1.807, 2.05) is 29.4 Å². The van der Waals surface area contributed by atoms with Crippen LogP contribution in [0.3, 0.4) is 0 Å². The molecule has 1 atom stereocenters. The minimum Gasteiger partial charge on any atom is -0.342 e. The van der Waals surface area contributed by atoms with Crippen molar-refractivity contribution in [2.75, 3.05) is 13.1 Å². The van der Waals surface area contributed by atoms with Crippen molar-refractivity contribution in [3.8, 4) is 0 Å². The Morgan fingerprint density at radius 1 is 1.40 bits per heavy atom. The maximum Gasteiger partial charge on any atom is 0.223 e. The first-order valence-electron chi connectivity index (χ1n) is 7.00. The number of fused-ring (bicyclic) bond motifs is 1. The Morgan fingerprint density at radius 3 is 3.10 bits per heavy atom. The molecule has 3 heteroatoms. The zero-order valence-corrected chi connectivity index (χ0v) is 11.5. The maximum absolute atomic E-state index is 11.9. The average Bonchev–Trinajstić information content (AvgIpc) is 2.85. The number of amides is 1. The van der Waals surface area contributed by atoms with E-state index in [1.165, 1.54) is 10.9 Å². The number of pyridine rings is 1. The SMILES string of the molecule is C=CC1CC(=O)N(CCc2cccc3cnccc23)C1. The van der Waals surface area contributed by atoms with Crippen LogP contribution in [0.25, 0.3) is 10.8 Å². The van der Waals surface area contributed by atoms with Gasteiger partial charge in [0, 0.05) is 43.2 Å². The third kappa shape index (κ3) is 2.44. The normalized spacial score (nSPS) is 18.7. The topological polar surface area (TPSA) is 33.2 Å². The Balaban J connectivity index is 1.74. The minimum atomic E-state index is 0.247. The molecule has 0 saturated carbocycles. The fourth-order valence-corrected chi connectivity index (χ4v) is 2.84. The van der Waals surface area contributed by atoms with Gasteiger partial charge in [-0.1, -0.05) is 24.3 Å². The van der Waals surface area contributed by atoms with Crippen molar-refractivity contribution in [1.29, 1.82) is 0 Å². The molecule has 0 spiro atoms. The lowest BCUT2D eigenvalue weighted by Crippen LogP contribution is -2.27. The highest BCUT2D eigenvalue weighted by Crippen LogP contribution is 2.21. The Bertz CT molecular complexity index is 645. The van der Waals surface area contributed by atoms with Crippen LogP contribution in [0, 0.1) is 5.92 Å². The molecule has 3 nitrogen and oxygen atoms in total. The summed E-state index contributed by atoms with van der Waals surface area (Å²) < 4.78 is 0. The van der Waals surface area contributed by atoms with E-state index in [0.29, 0.717) is 12.3 Å². The Kier molecular flexibility index (Phi) is 3.50. The third-order valence-electron chi connectivity index (χ3n) is 4.00. The van der Waals surface area contributed by atoms with E-state index in [1.54, 1.807) is 0 Å². The van der Waals surface area contributed by atoms with Gasteiger partial charge in [-0.25, -0.2) is 0 Å². The smallest absolute Gasteiger partial charge is 0.223 e. The number of hydrogen-bond donors (Lipinski definition) is 0. The van der Waals surface area contributed by atoms with Crippen molar-refractivity contribution in [3.05, 3.63) is 54.9 Å². The van der Waals surface area contributed by atoms with Crippen LogP contribution in [-0.2, 0) is 11.2 Å². The molecule has 0 radical (unpaired) electrons. The first kappa shape index (κ1) is 12.9. The molecule has 1 unspecified atom stereocenters. The molecule has 102 valence electrons. The third-order valence-corrected chi connectivity index (χ3v) is 4.00. The van der Waals surface area contributed by atoms with Crippen LogP contribution in [0.5, 0.6) is 0 Å². The summed E-state index contributed by atoms with van der Waals surface area (Å²) >= 11 is 0. The lowest BCUT2D eigenvalue weighted by atomic mass is 10.0. The molecule has 1 aromatic carbocycles. The maximum atomic E-state index is 11.9. The van der Waals surface area contributed by atoms with Crippen LogP contribution in [0.1, 0.15) is 12.0 Å². The van der Waals surface area contributed by atoms with Crippen molar-refractivity contribution in [2.24, 2.45) is 5.92 Å². The number of hydrogen-bond acceptors (Lipinski definition) is 2. The standard InChI is InChI=1S/C17H18N2O/c1-2-13-10-17(20)19(12-13)9-7-14-4-3-5-15-11-18-8-6-16(14)15/h2-6,8,11,13H,1,7,9-10,12H2. The van der Waals surface area contributed by atoms with Gasteiger partial charge in [0.1, 0.15) is 0 Å². The zero-order chi connectivity index (χ0) is 13.9. The Hall–Kier alpha value is -2.16. The number of benzene rings is 1. The van der Waals surface area contributed by atoms with Crippen molar-refractivity contribution >= 4 is 16.7 Å². The monoisotopic (exact) mass is 266 g/mol. The molecule has 1 fully saturated rings. The van der Waals surface area contributed by atoms with Gasteiger partial charge in [0.25, 0.3) is 0 Å². The van der Waals surface area contributed by atoms with Crippen molar-refractivity contribution in [2.45, 2.75) is 12.8 Å².